The number of nitrogens with zero attached hydrogens (tertiary/aromatic N) is 1. The lowest BCUT2D eigenvalue weighted by atomic mass is 9.92. The lowest BCUT2D eigenvalue weighted by Gasteiger charge is -2.16. The minimum Gasteiger partial charge on any atom is -0.469 e. The van der Waals surface area contributed by atoms with Gasteiger partial charge in [-0.15, -0.1) is 0 Å². The van der Waals surface area contributed by atoms with E-state index in [2.05, 4.69) is 14.9 Å². The number of esters is 2. The predicted molar refractivity (Wildman–Crippen MR) is 82.9 cm³/mol. The van der Waals surface area contributed by atoms with Crippen molar-refractivity contribution in [3.8, 4) is 0 Å². The number of aliphatic hydroxyl groups excluding tert-OH is 1. The summed E-state index contributed by atoms with van der Waals surface area (Å²) in [5, 5.41) is 17.4. The Balaban J connectivity index is 2.40. The van der Waals surface area contributed by atoms with Crippen LogP contribution in [0.3, 0.4) is 0 Å². The lowest BCUT2D eigenvalue weighted by molar-refractivity contribution is -0.152. The van der Waals surface area contributed by atoms with Crippen molar-refractivity contribution in [1.29, 1.82) is 0 Å². The Morgan fingerprint density at radius 2 is 2.13 bits per heavy atom. The van der Waals surface area contributed by atoms with Crippen molar-refractivity contribution in [3.05, 3.63) is 28.4 Å². The third-order valence-corrected chi connectivity index (χ3v) is 3.99. The molecule has 1 aromatic carbocycles. The smallest absolute Gasteiger partial charge is 0.309 e. The van der Waals surface area contributed by atoms with Crippen LogP contribution in [-0.2, 0) is 32.1 Å². The predicted octanol–water partition coefficient (Wildman–Crippen LogP) is 1.60. The van der Waals surface area contributed by atoms with E-state index in [9.17, 15) is 14.7 Å². The number of H-pyrrole nitrogens is 1. The van der Waals surface area contributed by atoms with Gasteiger partial charge in [-0.2, -0.15) is 5.10 Å². The second-order valence-electron chi connectivity index (χ2n) is 5.02. The first kappa shape index (κ1) is 17.2. The number of hydrogen-bond acceptors (Lipinski definition) is 6. The van der Waals surface area contributed by atoms with E-state index in [0.717, 1.165) is 0 Å². The maximum absolute atomic E-state index is 11.9. The van der Waals surface area contributed by atoms with Crippen molar-refractivity contribution in [2.45, 2.75) is 19.4 Å². The van der Waals surface area contributed by atoms with Crippen molar-refractivity contribution in [2.24, 2.45) is 5.92 Å². The van der Waals surface area contributed by atoms with E-state index in [0.29, 0.717) is 27.1 Å². The van der Waals surface area contributed by atoms with E-state index >= 15 is 0 Å². The molecule has 0 aliphatic rings. The zero-order chi connectivity index (χ0) is 17.0. The number of benzene rings is 1. The van der Waals surface area contributed by atoms with Crippen LogP contribution in [0.5, 0.6) is 0 Å². The zero-order valence-electron chi connectivity index (χ0n) is 12.8. The fraction of sp³-hybridized carbons (Fsp3) is 0.400. The minimum atomic E-state index is -0.724. The molecule has 0 radical (unpaired) electrons. The summed E-state index contributed by atoms with van der Waals surface area (Å²) in [4.78, 5) is 23.4. The second-order valence-corrected chi connectivity index (χ2v) is 5.42. The number of fused-ring (bicyclic) bond motifs is 1. The number of aromatic nitrogens is 2. The summed E-state index contributed by atoms with van der Waals surface area (Å²) in [5.41, 5.74) is 1.88. The second kappa shape index (κ2) is 7.43. The number of methoxy groups -OCH3 is 2. The molecule has 1 aromatic heterocycles. The third-order valence-electron chi connectivity index (χ3n) is 3.69. The van der Waals surface area contributed by atoms with E-state index in [1.165, 1.54) is 14.2 Å². The molecule has 0 aliphatic heterocycles. The first-order valence-electron chi connectivity index (χ1n) is 6.90. The number of aromatic amines is 1. The summed E-state index contributed by atoms with van der Waals surface area (Å²) in [7, 11) is 2.51. The molecule has 23 heavy (non-hydrogen) atoms. The fourth-order valence-electron chi connectivity index (χ4n) is 2.51. The van der Waals surface area contributed by atoms with Gasteiger partial charge in [0, 0.05) is 5.39 Å². The van der Waals surface area contributed by atoms with E-state index < -0.39 is 17.9 Å². The molecule has 1 unspecified atom stereocenters. The highest BCUT2D eigenvalue weighted by Gasteiger charge is 2.25. The van der Waals surface area contributed by atoms with Gasteiger partial charge >= 0.3 is 11.9 Å². The van der Waals surface area contributed by atoms with Crippen LogP contribution in [0.2, 0.25) is 5.02 Å². The molecule has 0 spiro atoms. The highest BCUT2D eigenvalue weighted by atomic mass is 35.5. The van der Waals surface area contributed by atoms with Gasteiger partial charge in [-0.25, -0.2) is 0 Å². The van der Waals surface area contributed by atoms with E-state index in [1.807, 2.05) is 0 Å². The number of ether oxygens (including phenoxy) is 2. The highest BCUT2D eigenvalue weighted by molar-refractivity contribution is 6.35. The molecule has 0 aliphatic carbocycles. The summed E-state index contributed by atoms with van der Waals surface area (Å²) in [6.07, 6.45) is 1.64. The van der Waals surface area contributed by atoms with Crippen molar-refractivity contribution < 1.29 is 24.2 Å². The number of nitrogens with one attached hydrogen (secondary N) is 1. The molecule has 0 bridgehead atoms. The first-order chi connectivity index (χ1) is 11.0. The van der Waals surface area contributed by atoms with Crippen LogP contribution in [0.15, 0.2) is 12.3 Å². The van der Waals surface area contributed by atoms with Gasteiger partial charge in [0.2, 0.25) is 0 Å². The molecule has 2 aromatic rings. The molecule has 2 N–H and O–H groups in total. The maximum atomic E-state index is 11.9. The van der Waals surface area contributed by atoms with Crippen LogP contribution in [0, 0.1) is 5.92 Å². The van der Waals surface area contributed by atoms with E-state index in [4.69, 9.17) is 16.3 Å². The van der Waals surface area contributed by atoms with Gasteiger partial charge in [0.25, 0.3) is 0 Å². The van der Waals surface area contributed by atoms with Crippen molar-refractivity contribution >= 4 is 34.4 Å². The largest absolute Gasteiger partial charge is 0.469 e. The Bertz CT molecular complexity index is 728. The third kappa shape index (κ3) is 3.62. The van der Waals surface area contributed by atoms with Crippen molar-refractivity contribution in [2.75, 3.05) is 14.2 Å². The Kier molecular flexibility index (Phi) is 5.57. The summed E-state index contributed by atoms with van der Waals surface area (Å²) in [6, 6.07) is 1.65. The van der Waals surface area contributed by atoms with Crippen LogP contribution >= 0.6 is 11.6 Å². The SMILES string of the molecule is COC(=O)CC(Cc1cc(Cl)c2[nH]ncc2c1CO)C(=O)OC. The van der Waals surface area contributed by atoms with Gasteiger partial charge in [-0.3, -0.25) is 14.7 Å². The van der Waals surface area contributed by atoms with Gasteiger partial charge in [0.05, 0.1) is 49.9 Å². The van der Waals surface area contributed by atoms with Gasteiger partial charge in [-0.05, 0) is 23.6 Å². The standard InChI is InChI=1S/C15H17ClN2O5/c1-22-13(20)5-9(15(21)23-2)3-8-4-12(16)14-10(6-17-18-14)11(8)7-19/h4,6,9,19H,3,5,7H2,1-2H3,(H,17,18). The highest BCUT2D eigenvalue weighted by Crippen LogP contribution is 2.30. The molecular weight excluding hydrogens is 324 g/mol. The summed E-state index contributed by atoms with van der Waals surface area (Å²) in [5.74, 6) is -1.76. The van der Waals surface area contributed by atoms with Crippen LogP contribution in [-0.4, -0.2) is 41.5 Å². The molecule has 1 heterocycles. The van der Waals surface area contributed by atoms with Crippen molar-refractivity contribution in [1.82, 2.24) is 10.2 Å². The number of carbonyl (C=O) groups is 2. The molecule has 0 saturated heterocycles. The Morgan fingerprint density at radius 3 is 2.74 bits per heavy atom. The summed E-state index contributed by atoms with van der Waals surface area (Å²) in [6.45, 7) is -0.241. The Morgan fingerprint density at radius 1 is 1.39 bits per heavy atom. The van der Waals surface area contributed by atoms with Gasteiger partial charge in [-0.1, -0.05) is 11.6 Å². The van der Waals surface area contributed by atoms with Crippen LogP contribution in [0.1, 0.15) is 17.5 Å². The fourth-order valence-corrected chi connectivity index (χ4v) is 2.78. The molecule has 0 fully saturated rings. The molecule has 2 rings (SSSR count). The number of aliphatic hydroxyl groups is 1. The number of hydrogen-bond donors (Lipinski definition) is 2. The Hall–Kier alpha value is -2.12. The quantitative estimate of drug-likeness (QED) is 0.774. The summed E-state index contributed by atoms with van der Waals surface area (Å²) >= 11 is 6.20. The monoisotopic (exact) mass is 340 g/mol. The molecular formula is C15H17ClN2O5. The van der Waals surface area contributed by atoms with Gasteiger partial charge in [0.1, 0.15) is 0 Å². The molecule has 124 valence electrons. The van der Waals surface area contributed by atoms with Crippen LogP contribution in [0.4, 0.5) is 0 Å². The lowest BCUT2D eigenvalue weighted by Crippen LogP contribution is -2.23. The zero-order valence-corrected chi connectivity index (χ0v) is 13.5. The molecule has 7 nitrogen and oxygen atoms in total. The van der Waals surface area contributed by atoms with Crippen molar-refractivity contribution in [3.63, 3.8) is 0 Å². The topological polar surface area (TPSA) is 102 Å². The number of carbonyl (C=O) groups excluding carboxylic acids is 2. The summed E-state index contributed by atoms with van der Waals surface area (Å²) < 4.78 is 9.36. The average Bonchev–Trinajstić information content (AvgIpc) is 3.03. The molecule has 0 saturated carbocycles. The van der Waals surface area contributed by atoms with E-state index in [1.54, 1.807) is 12.3 Å². The van der Waals surface area contributed by atoms with Crippen LogP contribution < -0.4 is 0 Å². The Labute approximate surface area is 137 Å². The molecule has 1 atom stereocenters. The normalized spacial score (nSPS) is 12.2. The number of halogens is 1. The van der Waals surface area contributed by atoms with E-state index in [-0.39, 0.29) is 19.4 Å². The first-order valence-corrected chi connectivity index (χ1v) is 7.28. The van der Waals surface area contributed by atoms with Gasteiger partial charge < -0.3 is 14.6 Å². The molecule has 0 amide bonds. The van der Waals surface area contributed by atoms with Crippen LogP contribution in [0.25, 0.3) is 10.9 Å². The van der Waals surface area contributed by atoms with Gasteiger partial charge in [0.15, 0.2) is 0 Å². The average molecular weight is 341 g/mol. The molecule has 8 heteroatoms. The maximum Gasteiger partial charge on any atom is 0.309 e. The number of rotatable bonds is 6. The minimum absolute atomic E-state index is 0.116.